The maximum Gasteiger partial charge on any atom is 0.274 e. The molecule has 2 heterocycles. The number of aliphatic hydroxyl groups is 1. The van der Waals surface area contributed by atoms with E-state index >= 15 is 0 Å². The fraction of sp³-hybridized carbons (Fsp3) is 0.778. The highest BCUT2D eigenvalue weighted by atomic mass is 16.3. The molecule has 0 bridgehead atoms. The predicted octanol–water partition coefficient (Wildman–Crippen LogP) is 1.74. The molecule has 1 N–H and O–H groups in total. The van der Waals surface area contributed by atoms with Crippen LogP contribution in [0.15, 0.2) is 12.3 Å². The van der Waals surface area contributed by atoms with Crippen LogP contribution < -0.4 is 0 Å². The first-order valence-corrected chi connectivity index (χ1v) is 9.34. The normalized spacial score (nSPS) is 28.2. The summed E-state index contributed by atoms with van der Waals surface area (Å²) in [6, 6.07) is 1.86. The Hall–Kier alpha value is -1.40. The molecule has 24 heavy (non-hydrogen) atoms. The van der Waals surface area contributed by atoms with E-state index in [2.05, 4.69) is 16.9 Å². The molecule has 1 saturated heterocycles. The third-order valence-corrected chi connectivity index (χ3v) is 5.53. The maximum atomic E-state index is 12.8. The number of carbonyl (C=O) groups excluding carboxylic acids is 1. The average molecular weight is 334 g/mol. The van der Waals surface area contributed by atoms with E-state index in [1.807, 2.05) is 10.9 Å². The quantitative estimate of drug-likeness (QED) is 0.891. The summed E-state index contributed by atoms with van der Waals surface area (Å²) in [5.41, 5.74) is 0.474. The SMILES string of the molecule is CCCn1ccc(C(=O)N(C)[C@@H]2CCC[C@@H](N3CCCC3)[C@@H]2O)n1. The molecule has 1 aromatic heterocycles. The molecule has 2 aliphatic rings. The Labute approximate surface area is 144 Å². The number of nitrogens with zero attached hydrogens (tertiary/aromatic N) is 4. The van der Waals surface area contributed by atoms with Crippen LogP contribution >= 0.6 is 0 Å². The molecule has 3 atom stereocenters. The summed E-state index contributed by atoms with van der Waals surface area (Å²) < 4.78 is 1.81. The maximum absolute atomic E-state index is 12.8. The fourth-order valence-electron chi connectivity index (χ4n) is 4.19. The molecule has 1 aliphatic heterocycles. The van der Waals surface area contributed by atoms with E-state index in [1.165, 1.54) is 12.8 Å². The summed E-state index contributed by atoms with van der Waals surface area (Å²) in [5, 5.41) is 15.3. The largest absolute Gasteiger partial charge is 0.389 e. The number of rotatable bonds is 5. The Morgan fingerprint density at radius 1 is 1.33 bits per heavy atom. The Morgan fingerprint density at radius 2 is 2.08 bits per heavy atom. The zero-order valence-corrected chi connectivity index (χ0v) is 14.9. The van der Waals surface area contributed by atoms with Crippen LogP contribution in [0.4, 0.5) is 0 Å². The molecule has 134 valence electrons. The van der Waals surface area contributed by atoms with Crippen molar-refractivity contribution in [2.75, 3.05) is 20.1 Å². The molecule has 6 heteroatoms. The van der Waals surface area contributed by atoms with Crippen molar-refractivity contribution in [1.29, 1.82) is 0 Å². The highest BCUT2D eigenvalue weighted by Gasteiger charge is 2.39. The first-order chi connectivity index (χ1) is 11.6. The highest BCUT2D eigenvalue weighted by molar-refractivity contribution is 5.92. The number of likely N-dealkylation sites (tertiary alicyclic amines) is 1. The van der Waals surface area contributed by atoms with Crippen LogP contribution in [0.5, 0.6) is 0 Å². The van der Waals surface area contributed by atoms with Gasteiger partial charge in [0.15, 0.2) is 0 Å². The minimum Gasteiger partial charge on any atom is -0.389 e. The molecule has 3 rings (SSSR count). The molecule has 0 unspecified atom stereocenters. The minimum atomic E-state index is -0.469. The number of hydrogen-bond donors (Lipinski definition) is 1. The van der Waals surface area contributed by atoms with Crippen LogP contribution in [-0.4, -0.2) is 68.9 Å². The number of hydrogen-bond acceptors (Lipinski definition) is 4. The second-order valence-electron chi connectivity index (χ2n) is 7.18. The highest BCUT2D eigenvalue weighted by Crippen LogP contribution is 2.29. The topological polar surface area (TPSA) is 61.6 Å². The van der Waals surface area contributed by atoms with Gasteiger partial charge in [-0.3, -0.25) is 14.4 Å². The van der Waals surface area contributed by atoms with Crippen LogP contribution in [0.3, 0.4) is 0 Å². The van der Waals surface area contributed by atoms with Gasteiger partial charge in [0, 0.05) is 25.8 Å². The first kappa shape index (κ1) is 17.4. The van der Waals surface area contributed by atoms with Crippen molar-refractivity contribution in [2.45, 2.75) is 70.2 Å². The number of carbonyl (C=O) groups is 1. The summed E-state index contributed by atoms with van der Waals surface area (Å²) >= 11 is 0. The van der Waals surface area contributed by atoms with E-state index in [9.17, 15) is 9.90 Å². The van der Waals surface area contributed by atoms with Gasteiger partial charge in [0.2, 0.25) is 0 Å². The molecule has 0 spiro atoms. The van der Waals surface area contributed by atoms with Crippen LogP contribution in [0.25, 0.3) is 0 Å². The molecular weight excluding hydrogens is 304 g/mol. The van der Waals surface area contributed by atoms with Gasteiger partial charge in [-0.1, -0.05) is 6.92 Å². The summed E-state index contributed by atoms with van der Waals surface area (Å²) in [6.07, 6.45) is 7.77. The molecule has 1 aliphatic carbocycles. The van der Waals surface area contributed by atoms with Crippen molar-refractivity contribution in [1.82, 2.24) is 19.6 Å². The van der Waals surface area contributed by atoms with Crippen molar-refractivity contribution in [3.8, 4) is 0 Å². The predicted molar refractivity (Wildman–Crippen MR) is 92.9 cm³/mol. The molecule has 0 aromatic carbocycles. The molecule has 1 saturated carbocycles. The van der Waals surface area contributed by atoms with Gasteiger partial charge >= 0.3 is 0 Å². The van der Waals surface area contributed by atoms with Gasteiger partial charge in [0.05, 0.1) is 12.1 Å². The van der Waals surface area contributed by atoms with E-state index in [1.54, 1.807) is 18.0 Å². The van der Waals surface area contributed by atoms with Crippen LogP contribution in [-0.2, 0) is 6.54 Å². The standard InChI is InChI=1S/C18H30N4O2/c1-3-10-22-13-9-14(19-22)18(24)20(2)15-7-6-8-16(17(15)23)21-11-4-5-12-21/h9,13,15-17,23H,3-8,10-12H2,1-2H3/t15-,16-,17-/m1/s1. The Balaban J connectivity index is 1.67. The van der Waals surface area contributed by atoms with Crippen LogP contribution in [0.1, 0.15) is 55.9 Å². The van der Waals surface area contributed by atoms with E-state index < -0.39 is 6.10 Å². The van der Waals surface area contributed by atoms with Crippen molar-refractivity contribution in [3.05, 3.63) is 18.0 Å². The second-order valence-corrected chi connectivity index (χ2v) is 7.18. The summed E-state index contributed by atoms with van der Waals surface area (Å²) in [5.74, 6) is -0.0871. The number of aliphatic hydroxyl groups excluding tert-OH is 1. The van der Waals surface area contributed by atoms with Crippen molar-refractivity contribution >= 4 is 5.91 Å². The van der Waals surface area contributed by atoms with Gasteiger partial charge in [-0.05, 0) is 57.7 Å². The zero-order chi connectivity index (χ0) is 17.1. The Bertz CT molecular complexity index is 553. The van der Waals surface area contributed by atoms with Gasteiger partial charge in [-0.15, -0.1) is 0 Å². The van der Waals surface area contributed by atoms with Crippen molar-refractivity contribution < 1.29 is 9.90 Å². The molecule has 1 amide bonds. The van der Waals surface area contributed by atoms with Crippen molar-refractivity contribution in [3.63, 3.8) is 0 Å². The molecule has 0 radical (unpaired) electrons. The van der Waals surface area contributed by atoms with Gasteiger partial charge < -0.3 is 10.0 Å². The number of aryl methyl sites for hydroxylation is 1. The van der Waals surface area contributed by atoms with E-state index in [-0.39, 0.29) is 18.0 Å². The second kappa shape index (κ2) is 7.66. The third-order valence-electron chi connectivity index (χ3n) is 5.53. The van der Waals surface area contributed by atoms with Gasteiger partial charge in [-0.25, -0.2) is 0 Å². The number of aromatic nitrogens is 2. The average Bonchev–Trinajstić information content (AvgIpc) is 3.26. The molecular formula is C18H30N4O2. The molecule has 6 nitrogen and oxygen atoms in total. The first-order valence-electron chi connectivity index (χ1n) is 9.34. The lowest BCUT2D eigenvalue weighted by atomic mass is 9.86. The van der Waals surface area contributed by atoms with Crippen LogP contribution in [0, 0.1) is 0 Å². The third kappa shape index (κ3) is 3.49. The van der Waals surface area contributed by atoms with E-state index in [0.717, 1.165) is 45.3 Å². The van der Waals surface area contributed by atoms with E-state index in [4.69, 9.17) is 0 Å². The molecule has 1 aromatic rings. The fourth-order valence-corrected chi connectivity index (χ4v) is 4.19. The van der Waals surface area contributed by atoms with E-state index in [0.29, 0.717) is 5.69 Å². The van der Waals surface area contributed by atoms with Gasteiger partial charge in [0.25, 0.3) is 5.91 Å². The number of likely N-dealkylation sites (N-methyl/N-ethyl adjacent to an activating group) is 1. The minimum absolute atomic E-state index is 0.0871. The van der Waals surface area contributed by atoms with Gasteiger partial charge in [0.1, 0.15) is 5.69 Å². The summed E-state index contributed by atoms with van der Waals surface area (Å²) in [6.45, 7) is 5.06. The number of amides is 1. The lowest BCUT2D eigenvalue weighted by molar-refractivity contribution is -0.0243. The summed E-state index contributed by atoms with van der Waals surface area (Å²) in [7, 11) is 1.81. The van der Waals surface area contributed by atoms with Gasteiger partial charge in [-0.2, -0.15) is 5.10 Å². The monoisotopic (exact) mass is 334 g/mol. The summed E-state index contributed by atoms with van der Waals surface area (Å²) in [4.78, 5) is 16.9. The molecule has 2 fully saturated rings. The lowest BCUT2D eigenvalue weighted by Crippen LogP contribution is -2.56. The van der Waals surface area contributed by atoms with Crippen LogP contribution in [0.2, 0.25) is 0 Å². The smallest absolute Gasteiger partial charge is 0.274 e. The Kier molecular flexibility index (Phi) is 5.56. The zero-order valence-electron chi connectivity index (χ0n) is 14.9. The lowest BCUT2D eigenvalue weighted by Gasteiger charge is -2.43. The van der Waals surface area contributed by atoms with Crippen molar-refractivity contribution in [2.24, 2.45) is 0 Å². The Morgan fingerprint density at radius 3 is 2.79 bits per heavy atom.